The van der Waals surface area contributed by atoms with E-state index in [1.165, 1.54) is 6.20 Å². The van der Waals surface area contributed by atoms with Crippen LogP contribution in [-0.2, 0) is 11.3 Å². The standard InChI is InChI=1S/C17H13Cl2N3O/c18-14-7-5-12(6-8-14)10-22-17(23)13(9-20)11-21-16-4-2-1-3-15(16)19/h1-8,11,21H,10H2,(H,22,23)/b13-11-. The number of para-hydroxylation sites is 1. The van der Waals surface area contributed by atoms with Crippen molar-refractivity contribution in [3.05, 3.63) is 75.9 Å². The molecule has 0 bridgehead atoms. The van der Waals surface area contributed by atoms with E-state index >= 15 is 0 Å². The van der Waals surface area contributed by atoms with Crippen molar-refractivity contribution in [2.45, 2.75) is 6.54 Å². The molecule has 0 aromatic heterocycles. The number of carbonyl (C=O) groups excluding carboxylic acids is 1. The summed E-state index contributed by atoms with van der Waals surface area (Å²) >= 11 is 11.8. The summed E-state index contributed by atoms with van der Waals surface area (Å²) in [4.78, 5) is 12.0. The Morgan fingerprint density at radius 2 is 1.83 bits per heavy atom. The molecule has 4 nitrogen and oxygen atoms in total. The van der Waals surface area contributed by atoms with Crippen molar-refractivity contribution < 1.29 is 4.79 Å². The predicted octanol–water partition coefficient (Wildman–Crippen LogP) is 4.13. The van der Waals surface area contributed by atoms with Crippen LogP contribution in [0.25, 0.3) is 0 Å². The van der Waals surface area contributed by atoms with E-state index in [9.17, 15) is 4.79 Å². The van der Waals surface area contributed by atoms with Gasteiger partial charge in [-0.2, -0.15) is 5.26 Å². The molecule has 0 aliphatic carbocycles. The van der Waals surface area contributed by atoms with Crippen LogP contribution in [0.3, 0.4) is 0 Å². The highest BCUT2D eigenvalue weighted by Gasteiger charge is 2.08. The molecule has 0 saturated carbocycles. The molecule has 0 heterocycles. The van der Waals surface area contributed by atoms with Crippen molar-refractivity contribution in [3.8, 4) is 6.07 Å². The van der Waals surface area contributed by atoms with Crippen molar-refractivity contribution in [1.82, 2.24) is 5.32 Å². The minimum atomic E-state index is -0.470. The van der Waals surface area contributed by atoms with Crippen molar-refractivity contribution in [2.75, 3.05) is 5.32 Å². The number of anilines is 1. The maximum Gasteiger partial charge on any atom is 0.263 e. The zero-order chi connectivity index (χ0) is 16.7. The molecule has 0 atom stereocenters. The van der Waals surface area contributed by atoms with Crippen molar-refractivity contribution in [1.29, 1.82) is 5.26 Å². The first-order chi connectivity index (χ1) is 11.1. The molecule has 0 fully saturated rings. The molecule has 23 heavy (non-hydrogen) atoms. The van der Waals surface area contributed by atoms with Crippen LogP contribution in [0.15, 0.2) is 60.3 Å². The summed E-state index contributed by atoms with van der Waals surface area (Å²) in [5, 5.41) is 15.8. The number of amides is 1. The highest BCUT2D eigenvalue weighted by atomic mass is 35.5. The lowest BCUT2D eigenvalue weighted by Crippen LogP contribution is -2.24. The third kappa shape index (κ3) is 5.03. The van der Waals surface area contributed by atoms with Gasteiger partial charge in [-0.3, -0.25) is 4.79 Å². The number of halogens is 2. The van der Waals surface area contributed by atoms with Gasteiger partial charge >= 0.3 is 0 Å². The van der Waals surface area contributed by atoms with Gasteiger partial charge in [-0.15, -0.1) is 0 Å². The van der Waals surface area contributed by atoms with Crippen LogP contribution < -0.4 is 10.6 Å². The summed E-state index contributed by atoms with van der Waals surface area (Å²) in [6.45, 7) is 0.307. The van der Waals surface area contributed by atoms with Gasteiger partial charge in [-0.05, 0) is 29.8 Å². The molecule has 2 aromatic rings. The van der Waals surface area contributed by atoms with E-state index in [0.717, 1.165) is 5.56 Å². The molecule has 0 aliphatic heterocycles. The number of nitriles is 1. The third-order valence-electron chi connectivity index (χ3n) is 2.98. The van der Waals surface area contributed by atoms with Gasteiger partial charge in [0, 0.05) is 17.8 Å². The molecule has 6 heteroatoms. The smallest absolute Gasteiger partial charge is 0.263 e. The molecule has 2 rings (SSSR count). The molecule has 0 aliphatic rings. The van der Waals surface area contributed by atoms with Crippen molar-refractivity contribution in [2.24, 2.45) is 0 Å². The summed E-state index contributed by atoms with van der Waals surface area (Å²) in [6.07, 6.45) is 1.33. The Kier molecular flexibility index (Phi) is 6.04. The van der Waals surface area contributed by atoms with Crippen LogP contribution in [0.2, 0.25) is 10.0 Å². The Morgan fingerprint density at radius 1 is 1.13 bits per heavy atom. The first-order valence-electron chi connectivity index (χ1n) is 6.74. The summed E-state index contributed by atoms with van der Waals surface area (Å²) in [5.74, 6) is -0.470. The van der Waals surface area contributed by atoms with E-state index < -0.39 is 5.91 Å². The predicted molar refractivity (Wildman–Crippen MR) is 92.1 cm³/mol. The highest BCUT2D eigenvalue weighted by molar-refractivity contribution is 6.33. The molecule has 1 amide bonds. The van der Waals surface area contributed by atoms with Gasteiger partial charge in [0.15, 0.2) is 0 Å². The Balaban J connectivity index is 1.98. The zero-order valence-electron chi connectivity index (χ0n) is 12.0. The number of hydrogen-bond acceptors (Lipinski definition) is 3. The average molecular weight is 346 g/mol. The van der Waals surface area contributed by atoms with E-state index in [1.54, 1.807) is 48.5 Å². The zero-order valence-corrected chi connectivity index (χ0v) is 13.5. The monoisotopic (exact) mass is 345 g/mol. The van der Waals surface area contributed by atoms with E-state index in [0.29, 0.717) is 22.3 Å². The maximum absolute atomic E-state index is 12.0. The Hall–Kier alpha value is -2.48. The van der Waals surface area contributed by atoms with Gasteiger partial charge in [0.05, 0.1) is 10.7 Å². The van der Waals surface area contributed by atoms with Gasteiger partial charge < -0.3 is 10.6 Å². The Labute approximate surface area is 144 Å². The fourth-order valence-corrected chi connectivity index (χ4v) is 2.07. The van der Waals surface area contributed by atoms with Crippen LogP contribution in [0.4, 0.5) is 5.69 Å². The van der Waals surface area contributed by atoms with Gasteiger partial charge in [0.25, 0.3) is 5.91 Å². The average Bonchev–Trinajstić information content (AvgIpc) is 2.56. The summed E-state index contributed by atoms with van der Waals surface area (Å²) < 4.78 is 0. The number of nitrogens with one attached hydrogen (secondary N) is 2. The van der Waals surface area contributed by atoms with Crippen molar-refractivity contribution >= 4 is 34.8 Å². The van der Waals surface area contributed by atoms with E-state index in [1.807, 2.05) is 6.07 Å². The lowest BCUT2D eigenvalue weighted by atomic mass is 10.2. The third-order valence-corrected chi connectivity index (χ3v) is 3.56. The fraction of sp³-hybridized carbons (Fsp3) is 0.0588. The molecule has 0 spiro atoms. The van der Waals surface area contributed by atoms with Gasteiger partial charge in [0.1, 0.15) is 11.6 Å². The van der Waals surface area contributed by atoms with Crippen LogP contribution >= 0.6 is 23.2 Å². The van der Waals surface area contributed by atoms with Crippen LogP contribution in [-0.4, -0.2) is 5.91 Å². The van der Waals surface area contributed by atoms with Crippen LogP contribution in [0, 0.1) is 11.3 Å². The molecular weight excluding hydrogens is 333 g/mol. The molecule has 0 saturated heterocycles. The Morgan fingerprint density at radius 3 is 2.48 bits per heavy atom. The second-order valence-corrected chi connectivity index (χ2v) is 5.45. The molecule has 2 N–H and O–H groups in total. The lowest BCUT2D eigenvalue weighted by molar-refractivity contribution is -0.117. The number of hydrogen-bond donors (Lipinski definition) is 2. The fourth-order valence-electron chi connectivity index (χ4n) is 1.76. The van der Waals surface area contributed by atoms with Crippen molar-refractivity contribution in [3.63, 3.8) is 0 Å². The minimum Gasteiger partial charge on any atom is -0.359 e. The first-order valence-corrected chi connectivity index (χ1v) is 7.49. The largest absolute Gasteiger partial charge is 0.359 e. The second-order valence-electron chi connectivity index (χ2n) is 4.60. The first kappa shape index (κ1) is 16.9. The second kappa shape index (κ2) is 8.23. The van der Waals surface area contributed by atoms with E-state index in [4.69, 9.17) is 28.5 Å². The normalized spacial score (nSPS) is 10.7. The molecule has 116 valence electrons. The number of nitrogens with zero attached hydrogens (tertiary/aromatic N) is 1. The SMILES string of the molecule is N#C/C(=C/Nc1ccccc1Cl)C(=O)NCc1ccc(Cl)cc1. The lowest BCUT2D eigenvalue weighted by Gasteiger charge is -2.06. The maximum atomic E-state index is 12.0. The van der Waals surface area contributed by atoms with E-state index in [-0.39, 0.29) is 5.57 Å². The van der Waals surface area contributed by atoms with Gasteiger partial charge in [-0.25, -0.2) is 0 Å². The molecule has 0 unspecified atom stereocenters. The van der Waals surface area contributed by atoms with Crippen LogP contribution in [0.1, 0.15) is 5.56 Å². The minimum absolute atomic E-state index is 0.0427. The Bertz CT molecular complexity index is 764. The highest BCUT2D eigenvalue weighted by Crippen LogP contribution is 2.20. The molecule has 2 aromatic carbocycles. The quantitative estimate of drug-likeness (QED) is 0.632. The number of carbonyl (C=O) groups is 1. The molecule has 0 radical (unpaired) electrons. The summed E-state index contributed by atoms with van der Waals surface area (Å²) in [6, 6.07) is 16.0. The topological polar surface area (TPSA) is 64.9 Å². The van der Waals surface area contributed by atoms with Crippen LogP contribution in [0.5, 0.6) is 0 Å². The van der Waals surface area contributed by atoms with Gasteiger partial charge in [-0.1, -0.05) is 47.5 Å². The summed E-state index contributed by atoms with van der Waals surface area (Å²) in [5.41, 5.74) is 1.46. The van der Waals surface area contributed by atoms with Gasteiger partial charge in [0.2, 0.25) is 0 Å². The summed E-state index contributed by atoms with van der Waals surface area (Å²) in [7, 11) is 0. The number of rotatable bonds is 5. The molecular formula is C17H13Cl2N3O. The van der Waals surface area contributed by atoms with E-state index in [2.05, 4.69) is 10.6 Å². The number of benzene rings is 2.